The molecule has 1 heterocycles. The lowest BCUT2D eigenvalue weighted by molar-refractivity contribution is -0.117. The molecule has 0 unspecified atom stereocenters. The number of sulfonamides is 1. The topological polar surface area (TPSA) is 92.3 Å². The number of anilines is 2. The SMILES string of the molecule is CCCSc1nnc(NC(=O)[C@H](CC)N(c2ccc(F)cc2)S(C)(=O)=O)s1. The zero-order chi connectivity index (χ0) is 20.0. The highest BCUT2D eigenvalue weighted by Crippen LogP contribution is 2.27. The van der Waals surface area contributed by atoms with Crippen LogP contribution < -0.4 is 9.62 Å². The lowest BCUT2D eigenvalue weighted by Crippen LogP contribution is -2.47. The first kappa shape index (κ1) is 21.6. The van der Waals surface area contributed by atoms with Gasteiger partial charge in [0, 0.05) is 5.75 Å². The van der Waals surface area contributed by atoms with Gasteiger partial charge < -0.3 is 0 Å². The van der Waals surface area contributed by atoms with Crippen molar-refractivity contribution in [2.45, 2.75) is 37.1 Å². The van der Waals surface area contributed by atoms with Crippen molar-refractivity contribution in [3.8, 4) is 0 Å². The van der Waals surface area contributed by atoms with Gasteiger partial charge in [-0.05, 0) is 37.1 Å². The molecule has 2 rings (SSSR count). The standard InChI is InChI=1S/C16H21FN4O3S3/c1-4-10-25-16-20-19-15(26-16)18-14(22)13(5-2)21(27(3,23)24)12-8-6-11(17)7-9-12/h6-9,13H,4-5,10H2,1-3H3,(H,18,19,22)/t13-/m0/s1. The minimum Gasteiger partial charge on any atom is -0.299 e. The van der Waals surface area contributed by atoms with Crippen LogP contribution >= 0.6 is 23.1 Å². The van der Waals surface area contributed by atoms with Gasteiger partial charge in [0.25, 0.3) is 0 Å². The van der Waals surface area contributed by atoms with E-state index in [-0.39, 0.29) is 12.1 Å². The van der Waals surface area contributed by atoms with Crippen LogP contribution in [0, 0.1) is 5.82 Å². The highest BCUT2D eigenvalue weighted by Gasteiger charge is 2.32. The molecule has 11 heteroatoms. The van der Waals surface area contributed by atoms with Gasteiger partial charge in [0.1, 0.15) is 11.9 Å². The summed E-state index contributed by atoms with van der Waals surface area (Å²) in [6, 6.07) is 3.97. The summed E-state index contributed by atoms with van der Waals surface area (Å²) in [5, 5.41) is 10.9. The van der Waals surface area contributed by atoms with Crippen molar-refractivity contribution in [2.24, 2.45) is 0 Å². The van der Waals surface area contributed by atoms with Gasteiger partial charge in [-0.15, -0.1) is 10.2 Å². The van der Waals surface area contributed by atoms with Crippen LogP contribution in [0.2, 0.25) is 0 Å². The number of aromatic nitrogens is 2. The molecule has 2 aromatic rings. The molecule has 1 aromatic carbocycles. The highest BCUT2D eigenvalue weighted by molar-refractivity contribution is 8.01. The summed E-state index contributed by atoms with van der Waals surface area (Å²) < 4.78 is 39.6. The number of hydrogen-bond donors (Lipinski definition) is 1. The number of carbonyl (C=O) groups is 1. The van der Waals surface area contributed by atoms with E-state index >= 15 is 0 Å². The zero-order valence-corrected chi connectivity index (χ0v) is 17.6. The molecule has 0 aliphatic heterocycles. The Morgan fingerprint density at radius 2 is 1.96 bits per heavy atom. The molecule has 27 heavy (non-hydrogen) atoms. The van der Waals surface area contributed by atoms with E-state index in [9.17, 15) is 17.6 Å². The Hall–Kier alpha value is -1.72. The third-order valence-corrected chi connectivity index (χ3v) is 6.83. The van der Waals surface area contributed by atoms with Crippen molar-refractivity contribution in [1.82, 2.24) is 10.2 Å². The molecule has 0 spiro atoms. The molecule has 0 saturated heterocycles. The Kier molecular flexibility index (Phi) is 7.57. The Morgan fingerprint density at radius 1 is 1.30 bits per heavy atom. The maximum absolute atomic E-state index is 13.2. The van der Waals surface area contributed by atoms with Crippen molar-refractivity contribution in [3.05, 3.63) is 30.1 Å². The van der Waals surface area contributed by atoms with Gasteiger partial charge in [-0.1, -0.05) is 36.9 Å². The van der Waals surface area contributed by atoms with Crippen LogP contribution in [-0.4, -0.2) is 42.6 Å². The van der Waals surface area contributed by atoms with Crippen molar-refractivity contribution in [2.75, 3.05) is 21.6 Å². The number of nitrogens with zero attached hydrogens (tertiary/aromatic N) is 3. The van der Waals surface area contributed by atoms with Gasteiger partial charge in [-0.2, -0.15) is 0 Å². The average Bonchev–Trinajstić information content (AvgIpc) is 3.05. The molecule has 0 aliphatic rings. The van der Waals surface area contributed by atoms with E-state index < -0.39 is 27.8 Å². The van der Waals surface area contributed by atoms with Crippen molar-refractivity contribution in [3.63, 3.8) is 0 Å². The minimum absolute atomic E-state index is 0.220. The van der Waals surface area contributed by atoms with E-state index in [0.29, 0.717) is 5.13 Å². The molecule has 0 radical (unpaired) electrons. The van der Waals surface area contributed by atoms with E-state index in [1.54, 1.807) is 18.7 Å². The summed E-state index contributed by atoms with van der Waals surface area (Å²) >= 11 is 2.78. The monoisotopic (exact) mass is 432 g/mol. The van der Waals surface area contributed by atoms with Crippen LogP contribution in [0.1, 0.15) is 26.7 Å². The quantitative estimate of drug-likeness (QED) is 0.482. The smallest absolute Gasteiger partial charge is 0.250 e. The van der Waals surface area contributed by atoms with Crippen LogP contribution in [0.25, 0.3) is 0 Å². The predicted molar refractivity (Wildman–Crippen MR) is 107 cm³/mol. The van der Waals surface area contributed by atoms with Crippen LogP contribution in [0.4, 0.5) is 15.2 Å². The maximum Gasteiger partial charge on any atom is 0.250 e. The number of amides is 1. The van der Waals surface area contributed by atoms with Gasteiger partial charge in [0.15, 0.2) is 4.34 Å². The molecule has 0 saturated carbocycles. The van der Waals surface area contributed by atoms with E-state index in [0.717, 1.165) is 39.2 Å². The fourth-order valence-corrected chi connectivity index (χ4v) is 5.24. The second-order valence-corrected chi connectivity index (χ2v) is 9.85. The minimum atomic E-state index is -3.77. The lowest BCUT2D eigenvalue weighted by Gasteiger charge is -2.29. The predicted octanol–water partition coefficient (Wildman–Crippen LogP) is 3.36. The fourth-order valence-electron chi connectivity index (χ4n) is 2.34. The first-order valence-corrected chi connectivity index (χ1v) is 11.9. The van der Waals surface area contributed by atoms with Gasteiger partial charge in [-0.3, -0.25) is 14.4 Å². The van der Waals surface area contributed by atoms with Gasteiger partial charge >= 0.3 is 0 Å². The van der Waals surface area contributed by atoms with Crippen LogP contribution in [0.3, 0.4) is 0 Å². The summed E-state index contributed by atoms with van der Waals surface area (Å²) in [5.74, 6) is -0.113. The summed E-state index contributed by atoms with van der Waals surface area (Å²) in [7, 11) is -3.77. The first-order chi connectivity index (χ1) is 12.8. The van der Waals surface area contributed by atoms with E-state index in [4.69, 9.17) is 0 Å². The molecular weight excluding hydrogens is 411 g/mol. The number of rotatable bonds is 9. The van der Waals surface area contributed by atoms with Crippen LogP contribution in [0.15, 0.2) is 28.6 Å². The summed E-state index contributed by atoms with van der Waals surface area (Å²) in [6.07, 6.45) is 2.23. The fraction of sp³-hybridized carbons (Fsp3) is 0.438. The lowest BCUT2D eigenvalue weighted by atomic mass is 10.2. The molecular formula is C16H21FN4O3S3. The van der Waals surface area contributed by atoms with Crippen molar-refractivity contribution < 1.29 is 17.6 Å². The van der Waals surface area contributed by atoms with Crippen LogP contribution in [0.5, 0.6) is 0 Å². The summed E-state index contributed by atoms with van der Waals surface area (Å²) in [4.78, 5) is 12.7. The molecule has 1 atom stereocenters. The third kappa shape index (κ3) is 5.88. The molecule has 0 bridgehead atoms. The van der Waals surface area contributed by atoms with Gasteiger partial charge in [0.05, 0.1) is 11.9 Å². The Bertz CT molecular complexity index is 871. The second-order valence-electron chi connectivity index (χ2n) is 5.67. The Labute approximate surface area is 166 Å². The van der Waals surface area contributed by atoms with Gasteiger partial charge in [-0.25, -0.2) is 12.8 Å². The number of halogens is 1. The first-order valence-electron chi connectivity index (χ1n) is 8.28. The van der Waals surface area contributed by atoms with E-state index in [1.165, 1.54) is 23.5 Å². The summed E-state index contributed by atoms with van der Waals surface area (Å²) in [6.45, 7) is 3.76. The maximum atomic E-state index is 13.2. The molecule has 1 amide bonds. The van der Waals surface area contributed by atoms with Crippen molar-refractivity contribution in [1.29, 1.82) is 0 Å². The van der Waals surface area contributed by atoms with E-state index in [2.05, 4.69) is 22.4 Å². The molecule has 1 N–H and O–H groups in total. The molecule has 0 aliphatic carbocycles. The highest BCUT2D eigenvalue weighted by atomic mass is 32.2. The number of thioether (sulfide) groups is 1. The third-order valence-electron chi connectivity index (χ3n) is 3.48. The number of benzene rings is 1. The average molecular weight is 433 g/mol. The number of nitrogens with one attached hydrogen (secondary N) is 1. The molecule has 0 fully saturated rings. The molecule has 1 aromatic heterocycles. The molecule has 7 nitrogen and oxygen atoms in total. The van der Waals surface area contributed by atoms with Crippen LogP contribution in [-0.2, 0) is 14.8 Å². The Morgan fingerprint density at radius 3 is 2.52 bits per heavy atom. The number of hydrogen-bond acceptors (Lipinski definition) is 7. The van der Waals surface area contributed by atoms with Gasteiger partial charge in [0.2, 0.25) is 21.1 Å². The Balaban J connectivity index is 2.24. The van der Waals surface area contributed by atoms with Crippen molar-refractivity contribution >= 4 is 49.8 Å². The zero-order valence-electron chi connectivity index (χ0n) is 15.2. The molecule has 148 valence electrons. The summed E-state index contributed by atoms with van der Waals surface area (Å²) in [5.41, 5.74) is 0.220. The van der Waals surface area contributed by atoms with E-state index in [1.807, 2.05) is 0 Å². The number of carbonyl (C=O) groups excluding carboxylic acids is 1. The normalized spacial score (nSPS) is 12.6. The second kappa shape index (κ2) is 9.47. The largest absolute Gasteiger partial charge is 0.299 e.